The summed E-state index contributed by atoms with van der Waals surface area (Å²) < 4.78 is 31.9. The van der Waals surface area contributed by atoms with Crippen LogP contribution < -0.4 is 11.1 Å². The van der Waals surface area contributed by atoms with Crippen molar-refractivity contribution in [2.75, 3.05) is 12.0 Å². The van der Waals surface area contributed by atoms with Crippen molar-refractivity contribution in [2.45, 2.75) is 30.9 Å². The molecule has 0 radical (unpaired) electrons. The second-order valence-electron chi connectivity index (χ2n) is 6.11. The van der Waals surface area contributed by atoms with E-state index in [0.29, 0.717) is 0 Å². The van der Waals surface area contributed by atoms with Gasteiger partial charge in [-0.15, -0.1) is 23.1 Å². The van der Waals surface area contributed by atoms with Crippen LogP contribution in [0, 0.1) is 0 Å². The molecule has 2 atom stereocenters. The zero-order valence-electron chi connectivity index (χ0n) is 15.2. The Hall–Kier alpha value is -2.43. The van der Waals surface area contributed by atoms with E-state index in [9.17, 15) is 22.8 Å². The lowest BCUT2D eigenvalue weighted by atomic mass is 10.1. The number of hydrogen-bond acceptors (Lipinski definition) is 11. The molecule has 5 N–H and O–H groups in total. The monoisotopic (exact) mass is 467 g/mol. The summed E-state index contributed by atoms with van der Waals surface area (Å²) in [5.41, 5.74) is 3.27. The first-order valence-corrected chi connectivity index (χ1v) is 11.2. The van der Waals surface area contributed by atoms with Crippen LogP contribution in [0.15, 0.2) is 10.5 Å². The van der Waals surface area contributed by atoms with Gasteiger partial charge in [0.1, 0.15) is 17.1 Å². The van der Waals surface area contributed by atoms with E-state index in [4.69, 9.17) is 20.2 Å². The van der Waals surface area contributed by atoms with Gasteiger partial charge in [0, 0.05) is 5.38 Å². The van der Waals surface area contributed by atoms with Crippen LogP contribution in [-0.4, -0.2) is 74.1 Å². The maximum absolute atomic E-state index is 12.7. The van der Waals surface area contributed by atoms with Gasteiger partial charge in [0.25, 0.3) is 11.8 Å². The number of carbonyl (C=O) groups excluding carboxylic acids is 2. The molecular formula is C13H17N5O8S3. The standard InChI is InChI=1S/C13H17N5O8S3/c1-13(2,11(21)22)26-17-6(5-4-28-12(14)15-5)8(19)16-7-9(20)18(10(7)27-3)29(23,24)25/h4,7,10H,1-3H3,(H2,14,15)(H,16,19)(H,21,22)(H,23,24,25)/t7-,10-/m1/s1. The predicted octanol–water partition coefficient (Wildman–Crippen LogP) is -0.872. The van der Waals surface area contributed by atoms with Crippen LogP contribution in [0.5, 0.6) is 0 Å². The highest BCUT2D eigenvalue weighted by Crippen LogP contribution is 2.30. The summed E-state index contributed by atoms with van der Waals surface area (Å²) in [6, 6.07) is -1.28. The van der Waals surface area contributed by atoms with Gasteiger partial charge in [-0.05, 0) is 20.1 Å². The largest absolute Gasteiger partial charge is 0.478 e. The molecule has 1 saturated heterocycles. The van der Waals surface area contributed by atoms with Crippen molar-refractivity contribution in [2.24, 2.45) is 5.16 Å². The van der Waals surface area contributed by atoms with E-state index in [1.54, 1.807) is 0 Å². The summed E-state index contributed by atoms with van der Waals surface area (Å²) in [6.45, 7) is 2.40. The fraction of sp³-hybridized carbons (Fsp3) is 0.462. The van der Waals surface area contributed by atoms with Gasteiger partial charge in [0.05, 0.1) is 0 Å². The maximum atomic E-state index is 12.7. The summed E-state index contributed by atoms with van der Waals surface area (Å²) in [4.78, 5) is 44.7. The molecule has 1 fully saturated rings. The van der Waals surface area contributed by atoms with Gasteiger partial charge in [-0.3, -0.25) is 14.1 Å². The molecule has 2 amide bonds. The minimum Gasteiger partial charge on any atom is -0.478 e. The van der Waals surface area contributed by atoms with Gasteiger partial charge in [0.2, 0.25) is 5.60 Å². The van der Waals surface area contributed by atoms with Crippen LogP contribution in [0.25, 0.3) is 0 Å². The first-order chi connectivity index (χ1) is 13.3. The summed E-state index contributed by atoms with van der Waals surface area (Å²) in [5, 5.41) is 15.3. The summed E-state index contributed by atoms with van der Waals surface area (Å²) >= 11 is 1.88. The second-order valence-corrected chi connectivity index (χ2v) is 9.24. The molecule has 0 bridgehead atoms. The minimum absolute atomic E-state index is 0.0368. The third-order valence-electron chi connectivity index (χ3n) is 3.64. The number of amides is 2. The minimum atomic E-state index is -4.79. The number of β-lactam (4-membered cyclic amide) rings is 1. The Balaban J connectivity index is 2.29. The van der Waals surface area contributed by atoms with Crippen molar-refractivity contribution >= 4 is 62.0 Å². The van der Waals surface area contributed by atoms with Gasteiger partial charge < -0.3 is 21.0 Å². The van der Waals surface area contributed by atoms with Crippen molar-refractivity contribution in [1.82, 2.24) is 14.6 Å². The van der Waals surface area contributed by atoms with Crippen molar-refractivity contribution in [3.63, 3.8) is 0 Å². The first kappa shape index (κ1) is 22.9. The maximum Gasteiger partial charge on any atom is 0.363 e. The third kappa shape index (κ3) is 4.77. The van der Waals surface area contributed by atoms with Crippen LogP contribution in [-0.2, 0) is 29.5 Å². The lowest BCUT2D eigenvalue weighted by Crippen LogP contribution is -2.71. The quantitative estimate of drug-likeness (QED) is 0.160. The van der Waals surface area contributed by atoms with E-state index in [1.165, 1.54) is 25.5 Å². The number of oxime groups is 1. The Bertz CT molecular complexity index is 973. The fourth-order valence-electron chi connectivity index (χ4n) is 2.06. The van der Waals surface area contributed by atoms with Crippen molar-refractivity contribution in [3.05, 3.63) is 11.1 Å². The van der Waals surface area contributed by atoms with E-state index in [2.05, 4.69) is 15.5 Å². The normalized spacial score (nSPS) is 20.2. The highest BCUT2D eigenvalue weighted by molar-refractivity contribution is 8.00. The number of carboxylic acid groups (broad SMARTS) is 1. The molecular weight excluding hydrogens is 450 g/mol. The Kier molecular flexibility index (Phi) is 6.41. The molecule has 2 heterocycles. The van der Waals surface area contributed by atoms with Gasteiger partial charge >= 0.3 is 16.3 Å². The number of rotatable bonds is 8. The average Bonchev–Trinajstić information content (AvgIpc) is 3.01. The van der Waals surface area contributed by atoms with E-state index in [1.807, 2.05) is 0 Å². The van der Waals surface area contributed by atoms with E-state index >= 15 is 0 Å². The number of nitrogens with zero attached hydrogens (tertiary/aromatic N) is 3. The van der Waals surface area contributed by atoms with Crippen LogP contribution in [0.2, 0.25) is 0 Å². The third-order valence-corrected chi connectivity index (χ3v) is 6.31. The smallest absolute Gasteiger partial charge is 0.363 e. The average molecular weight is 468 g/mol. The van der Waals surface area contributed by atoms with Gasteiger partial charge in [-0.2, -0.15) is 12.7 Å². The molecule has 0 aliphatic carbocycles. The molecule has 0 saturated carbocycles. The summed E-state index contributed by atoms with van der Waals surface area (Å²) in [5.74, 6) is -3.38. The van der Waals surface area contributed by atoms with Crippen LogP contribution in [0.3, 0.4) is 0 Å². The zero-order chi connectivity index (χ0) is 22.1. The Morgan fingerprint density at radius 3 is 2.55 bits per heavy atom. The molecule has 2 rings (SSSR count). The molecule has 13 nitrogen and oxygen atoms in total. The number of aliphatic carboxylic acids is 1. The SMILES string of the molecule is CS[C@@H]1[C@H](NC(=O)C(=NOC(C)(C)C(=O)O)c2csc(N)n2)C(=O)N1S(=O)(=O)O. The first-order valence-electron chi connectivity index (χ1n) is 7.65. The van der Waals surface area contributed by atoms with Crippen molar-refractivity contribution in [3.8, 4) is 0 Å². The predicted molar refractivity (Wildman–Crippen MR) is 103 cm³/mol. The molecule has 1 aliphatic heterocycles. The molecule has 0 spiro atoms. The molecule has 16 heteroatoms. The van der Waals surface area contributed by atoms with Crippen molar-refractivity contribution in [1.29, 1.82) is 0 Å². The molecule has 1 aromatic rings. The lowest BCUT2D eigenvalue weighted by Gasteiger charge is -2.42. The van der Waals surface area contributed by atoms with Crippen molar-refractivity contribution < 1.29 is 37.3 Å². The van der Waals surface area contributed by atoms with Gasteiger partial charge in [-0.1, -0.05) is 5.16 Å². The molecule has 0 aromatic carbocycles. The number of carbonyl (C=O) groups is 3. The topological polar surface area (TPSA) is 202 Å². The highest BCUT2D eigenvalue weighted by Gasteiger charge is 2.54. The number of nitrogens with one attached hydrogen (secondary N) is 1. The number of thiazole rings is 1. The Morgan fingerprint density at radius 2 is 2.10 bits per heavy atom. The number of carboxylic acids is 1. The highest BCUT2D eigenvalue weighted by atomic mass is 32.2. The zero-order valence-corrected chi connectivity index (χ0v) is 17.7. The second kappa shape index (κ2) is 8.13. The number of nitrogens with two attached hydrogens (primary N) is 1. The molecule has 1 aliphatic rings. The molecule has 29 heavy (non-hydrogen) atoms. The molecule has 160 valence electrons. The number of thioether (sulfide) groups is 1. The number of nitrogen functional groups attached to an aromatic ring is 1. The number of anilines is 1. The van der Waals surface area contributed by atoms with Crippen LogP contribution in [0.1, 0.15) is 19.5 Å². The number of aromatic nitrogens is 1. The summed E-state index contributed by atoms with van der Waals surface area (Å²) in [7, 11) is -4.79. The van der Waals surface area contributed by atoms with Gasteiger partial charge in [0.15, 0.2) is 10.8 Å². The van der Waals surface area contributed by atoms with E-state index in [0.717, 1.165) is 23.1 Å². The van der Waals surface area contributed by atoms with Crippen LogP contribution in [0.4, 0.5) is 5.13 Å². The molecule has 1 aromatic heterocycles. The van der Waals surface area contributed by atoms with E-state index in [-0.39, 0.29) is 15.1 Å². The van der Waals surface area contributed by atoms with Gasteiger partial charge in [-0.25, -0.2) is 9.78 Å². The summed E-state index contributed by atoms with van der Waals surface area (Å²) in [6.07, 6.45) is 1.48. The lowest BCUT2D eigenvalue weighted by molar-refractivity contribution is -0.161. The number of hydrogen-bond donors (Lipinski definition) is 4. The Morgan fingerprint density at radius 1 is 1.48 bits per heavy atom. The molecule has 0 unspecified atom stereocenters. The fourth-order valence-corrected chi connectivity index (χ4v) is 4.67. The van der Waals surface area contributed by atoms with E-state index < -0.39 is 50.8 Å². The van der Waals surface area contributed by atoms with Crippen LogP contribution >= 0.6 is 23.1 Å². The Labute approximate surface area is 173 Å².